The van der Waals surface area contributed by atoms with Crippen molar-refractivity contribution in [3.8, 4) is 5.75 Å². The van der Waals surface area contributed by atoms with E-state index in [4.69, 9.17) is 10.5 Å². The third kappa shape index (κ3) is 3.94. The molecule has 1 fully saturated rings. The molecular formula is C14H19BrN2O2. The lowest BCUT2D eigenvalue weighted by Crippen LogP contribution is -2.32. The lowest BCUT2D eigenvalue weighted by atomic mass is 10.1. The van der Waals surface area contributed by atoms with Crippen LogP contribution < -0.4 is 10.5 Å². The smallest absolute Gasteiger partial charge is 0.260 e. The van der Waals surface area contributed by atoms with E-state index >= 15 is 0 Å². The molecule has 1 amide bonds. The van der Waals surface area contributed by atoms with Crippen molar-refractivity contribution in [3.63, 3.8) is 0 Å². The van der Waals surface area contributed by atoms with Gasteiger partial charge in [0.2, 0.25) is 0 Å². The second-order valence-corrected chi connectivity index (χ2v) is 5.52. The summed E-state index contributed by atoms with van der Waals surface area (Å²) < 4.78 is 6.59. The van der Waals surface area contributed by atoms with Gasteiger partial charge in [-0.25, -0.2) is 0 Å². The minimum Gasteiger partial charge on any atom is -0.484 e. The summed E-state index contributed by atoms with van der Waals surface area (Å²) in [5.41, 5.74) is 6.67. The second kappa shape index (κ2) is 6.91. The van der Waals surface area contributed by atoms with E-state index in [-0.39, 0.29) is 12.5 Å². The number of rotatable bonds is 5. The Bertz CT molecular complexity index is 445. The Hall–Kier alpha value is -1.07. The first-order chi connectivity index (χ1) is 9.20. The molecule has 104 valence electrons. The van der Waals surface area contributed by atoms with Gasteiger partial charge in [0.05, 0.1) is 0 Å². The molecule has 0 atom stereocenters. The fourth-order valence-corrected chi connectivity index (χ4v) is 2.64. The van der Waals surface area contributed by atoms with Gasteiger partial charge in [-0.05, 0) is 49.6 Å². The van der Waals surface area contributed by atoms with Crippen molar-refractivity contribution in [2.75, 3.05) is 26.2 Å². The van der Waals surface area contributed by atoms with E-state index < -0.39 is 0 Å². The average molecular weight is 327 g/mol. The summed E-state index contributed by atoms with van der Waals surface area (Å²) in [5, 5.41) is 0. The first kappa shape index (κ1) is 14.3. The summed E-state index contributed by atoms with van der Waals surface area (Å²) in [7, 11) is 0. The molecule has 0 spiro atoms. The van der Waals surface area contributed by atoms with Crippen LogP contribution in [0.4, 0.5) is 0 Å². The van der Waals surface area contributed by atoms with Gasteiger partial charge in [-0.2, -0.15) is 0 Å². The van der Waals surface area contributed by atoms with Crippen molar-refractivity contribution in [1.29, 1.82) is 0 Å². The molecule has 0 aliphatic carbocycles. The highest BCUT2D eigenvalue weighted by Gasteiger charge is 2.18. The van der Waals surface area contributed by atoms with Crippen LogP contribution in [0.25, 0.3) is 0 Å². The first-order valence-electron chi connectivity index (χ1n) is 6.60. The predicted octanol–water partition coefficient (Wildman–Crippen LogP) is 1.95. The zero-order valence-electron chi connectivity index (χ0n) is 10.9. The number of likely N-dealkylation sites (tertiary alicyclic amines) is 1. The third-order valence-corrected chi connectivity index (χ3v) is 4.03. The Balaban J connectivity index is 1.91. The van der Waals surface area contributed by atoms with Crippen LogP contribution in [0.5, 0.6) is 5.75 Å². The number of hydrogen-bond acceptors (Lipinski definition) is 3. The quantitative estimate of drug-likeness (QED) is 0.899. The van der Waals surface area contributed by atoms with E-state index in [0.717, 1.165) is 48.1 Å². The second-order valence-electron chi connectivity index (χ2n) is 4.67. The minimum atomic E-state index is 0.0702. The van der Waals surface area contributed by atoms with Gasteiger partial charge in [-0.3, -0.25) is 4.79 Å². The molecule has 1 heterocycles. The normalized spacial score (nSPS) is 14.7. The van der Waals surface area contributed by atoms with Gasteiger partial charge in [-0.1, -0.05) is 15.9 Å². The van der Waals surface area contributed by atoms with E-state index in [1.807, 2.05) is 23.1 Å². The minimum absolute atomic E-state index is 0.0702. The van der Waals surface area contributed by atoms with Crippen LogP contribution in [-0.4, -0.2) is 37.0 Å². The van der Waals surface area contributed by atoms with Crippen LogP contribution in [-0.2, 0) is 11.2 Å². The van der Waals surface area contributed by atoms with Crippen LogP contribution in [0.2, 0.25) is 0 Å². The monoisotopic (exact) mass is 326 g/mol. The molecular weight excluding hydrogens is 308 g/mol. The molecule has 2 rings (SSSR count). The van der Waals surface area contributed by atoms with Crippen molar-refractivity contribution in [2.24, 2.45) is 5.73 Å². The number of nitrogens with two attached hydrogens (primary N) is 1. The van der Waals surface area contributed by atoms with E-state index in [1.54, 1.807) is 0 Å². The zero-order chi connectivity index (χ0) is 13.7. The Morgan fingerprint density at radius 1 is 1.37 bits per heavy atom. The largest absolute Gasteiger partial charge is 0.484 e. The number of ether oxygens (including phenoxy) is 1. The number of hydrogen-bond donors (Lipinski definition) is 1. The SMILES string of the molecule is NCCc1cc(OCC(=O)N2CCCC2)ccc1Br. The maximum absolute atomic E-state index is 11.9. The van der Waals surface area contributed by atoms with Gasteiger partial charge in [0, 0.05) is 17.6 Å². The van der Waals surface area contributed by atoms with Crippen molar-refractivity contribution < 1.29 is 9.53 Å². The van der Waals surface area contributed by atoms with Gasteiger partial charge in [0.1, 0.15) is 5.75 Å². The zero-order valence-corrected chi connectivity index (χ0v) is 12.5. The number of benzene rings is 1. The summed E-state index contributed by atoms with van der Waals surface area (Å²) in [5.74, 6) is 0.792. The van der Waals surface area contributed by atoms with Gasteiger partial charge in [-0.15, -0.1) is 0 Å². The Morgan fingerprint density at radius 2 is 2.11 bits per heavy atom. The molecule has 1 aliphatic rings. The van der Waals surface area contributed by atoms with Gasteiger partial charge < -0.3 is 15.4 Å². The van der Waals surface area contributed by atoms with Gasteiger partial charge in [0.25, 0.3) is 5.91 Å². The van der Waals surface area contributed by atoms with Crippen molar-refractivity contribution >= 4 is 21.8 Å². The summed E-state index contributed by atoms with van der Waals surface area (Å²) in [6.07, 6.45) is 2.99. The fraction of sp³-hybridized carbons (Fsp3) is 0.500. The van der Waals surface area contributed by atoms with Gasteiger partial charge in [0.15, 0.2) is 6.61 Å². The van der Waals surface area contributed by atoms with E-state index in [9.17, 15) is 4.79 Å². The lowest BCUT2D eigenvalue weighted by molar-refractivity contribution is -0.132. The molecule has 0 radical (unpaired) electrons. The maximum atomic E-state index is 11.9. The highest BCUT2D eigenvalue weighted by atomic mass is 79.9. The Morgan fingerprint density at radius 3 is 2.79 bits per heavy atom. The van der Waals surface area contributed by atoms with Crippen LogP contribution in [0.15, 0.2) is 22.7 Å². The molecule has 1 aromatic rings. The Kier molecular flexibility index (Phi) is 5.22. The van der Waals surface area contributed by atoms with Crippen molar-refractivity contribution in [1.82, 2.24) is 4.90 Å². The molecule has 2 N–H and O–H groups in total. The molecule has 5 heteroatoms. The highest BCUT2D eigenvalue weighted by Crippen LogP contribution is 2.23. The molecule has 0 saturated carbocycles. The molecule has 1 aliphatic heterocycles. The highest BCUT2D eigenvalue weighted by molar-refractivity contribution is 9.10. The summed E-state index contributed by atoms with van der Waals surface area (Å²) in [4.78, 5) is 13.7. The standard InChI is InChI=1S/C14H19BrN2O2/c15-13-4-3-12(9-11(13)5-6-16)19-10-14(18)17-7-1-2-8-17/h3-4,9H,1-2,5-8,10,16H2. The topological polar surface area (TPSA) is 55.6 Å². The molecule has 0 unspecified atom stereocenters. The van der Waals surface area contributed by atoms with E-state index in [2.05, 4.69) is 15.9 Å². The molecule has 1 saturated heterocycles. The molecule has 1 aromatic carbocycles. The number of carbonyl (C=O) groups excluding carboxylic acids is 1. The molecule has 0 aromatic heterocycles. The van der Waals surface area contributed by atoms with Crippen LogP contribution in [0, 0.1) is 0 Å². The van der Waals surface area contributed by atoms with E-state index in [1.165, 1.54) is 0 Å². The summed E-state index contributed by atoms with van der Waals surface area (Å²) in [6, 6.07) is 5.73. The van der Waals surface area contributed by atoms with Crippen molar-refractivity contribution in [3.05, 3.63) is 28.2 Å². The maximum Gasteiger partial charge on any atom is 0.260 e. The number of amides is 1. The number of nitrogens with zero attached hydrogens (tertiary/aromatic N) is 1. The van der Waals surface area contributed by atoms with Crippen LogP contribution >= 0.6 is 15.9 Å². The average Bonchev–Trinajstić information content (AvgIpc) is 2.93. The molecule has 4 nitrogen and oxygen atoms in total. The van der Waals surface area contributed by atoms with Crippen LogP contribution in [0.3, 0.4) is 0 Å². The number of halogens is 1. The predicted molar refractivity (Wildman–Crippen MR) is 78.2 cm³/mol. The molecule has 0 bridgehead atoms. The van der Waals surface area contributed by atoms with E-state index in [0.29, 0.717) is 6.54 Å². The Labute approximate surface area is 122 Å². The number of carbonyl (C=O) groups is 1. The fourth-order valence-electron chi connectivity index (χ4n) is 2.19. The third-order valence-electron chi connectivity index (χ3n) is 3.25. The van der Waals surface area contributed by atoms with Gasteiger partial charge >= 0.3 is 0 Å². The summed E-state index contributed by atoms with van der Waals surface area (Å²) >= 11 is 3.48. The van der Waals surface area contributed by atoms with Crippen LogP contribution in [0.1, 0.15) is 18.4 Å². The van der Waals surface area contributed by atoms with Crippen molar-refractivity contribution in [2.45, 2.75) is 19.3 Å². The first-order valence-corrected chi connectivity index (χ1v) is 7.39. The lowest BCUT2D eigenvalue weighted by Gasteiger charge is -2.16. The molecule has 19 heavy (non-hydrogen) atoms. The summed E-state index contributed by atoms with van der Waals surface area (Å²) in [6.45, 7) is 2.43.